The largest absolute Gasteiger partial charge is 0.453 e. The molecular formula is C13H14BrNO3. The summed E-state index contributed by atoms with van der Waals surface area (Å²) < 4.78 is 11.8. The molecule has 0 spiro atoms. The number of benzene rings is 1. The number of fused-ring (bicyclic) bond motifs is 1. The van der Waals surface area contributed by atoms with Crippen LogP contribution in [-0.2, 0) is 6.42 Å². The number of rotatable bonds is 3. The molecule has 0 amide bonds. The molecule has 1 saturated heterocycles. The van der Waals surface area contributed by atoms with Gasteiger partial charge in [-0.25, -0.2) is 0 Å². The van der Waals surface area contributed by atoms with E-state index in [9.17, 15) is 4.79 Å². The van der Waals surface area contributed by atoms with Crippen molar-refractivity contribution in [1.29, 1.82) is 0 Å². The van der Waals surface area contributed by atoms with Crippen LogP contribution < -0.4 is 14.8 Å². The lowest BCUT2D eigenvalue weighted by Crippen LogP contribution is -2.24. The summed E-state index contributed by atoms with van der Waals surface area (Å²) in [6.45, 7) is 1.27. The lowest BCUT2D eigenvalue weighted by atomic mass is 10.0. The summed E-state index contributed by atoms with van der Waals surface area (Å²) >= 11 is 3.53. The van der Waals surface area contributed by atoms with Gasteiger partial charge in [-0.15, -0.1) is 0 Å². The van der Waals surface area contributed by atoms with E-state index in [0.29, 0.717) is 17.4 Å². The molecule has 96 valence electrons. The molecule has 1 aromatic carbocycles. The Bertz CT molecular complexity index is 484. The number of carbonyl (C=O) groups excluding carboxylic acids is 1. The number of aldehydes is 1. The van der Waals surface area contributed by atoms with E-state index in [2.05, 4.69) is 21.2 Å². The average Bonchev–Trinajstić information content (AvgIpc) is 3.02. The molecule has 1 aromatic rings. The van der Waals surface area contributed by atoms with Crippen LogP contribution in [0.5, 0.6) is 11.5 Å². The zero-order valence-electron chi connectivity index (χ0n) is 9.87. The summed E-state index contributed by atoms with van der Waals surface area (Å²) in [5.41, 5.74) is 1.63. The second-order valence-corrected chi connectivity index (χ2v) is 5.46. The zero-order valence-corrected chi connectivity index (χ0v) is 11.5. The minimum absolute atomic E-state index is 0.192. The first-order valence-corrected chi connectivity index (χ1v) is 6.88. The molecular weight excluding hydrogens is 298 g/mol. The predicted octanol–water partition coefficient (Wildman–Crippen LogP) is 2.28. The molecule has 2 aliphatic heterocycles. The highest BCUT2D eigenvalue weighted by atomic mass is 79.9. The van der Waals surface area contributed by atoms with Gasteiger partial charge in [-0.2, -0.15) is 0 Å². The molecule has 2 aliphatic rings. The number of ether oxygens (including phenoxy) is 2. The maximum Gasteiger partial charge on any atom is 0.231 e. The summed E-state index contributed by atoms with van der Waals surface area (Å²) in [5.74, 6) is 1.31. The van der Waals surface area contributed by atoms with Gasteiger partial charge >= 0.3 is 0 Å². The average molecular weight is 312 g/mol. The molecule has 3 rings (SSSR count). The van der Waals surface area contributed by atoms with E-state index in [1.165, 1.54) is 12.8 Å². The number of halogens is 1. The standard InChI is InChI=1S/C13H14BrNO3/c14-11-4-8(6-16)12-13(18-7-17-12)10(11)5-9-2-1-3-15-9/h4,6,9,15H,1-3,5,7H2. The summed E-state index contributed by atoms with van der Waals surface area (Å²) in [6.07, 6.45) is 4.09. The van der Waals surface area contributed by atoms with Crippen molar-refractivity contribution in [2.45, 2.75) is 25.3 Å². The first kappa shape index (κ1) is 12.0. The van der Waals surface area contributed by atoms with Crippen LogP contribution in [0.2, 0.25) is 0 Å². The van der Waals surface area contributed by atoms with E-state index in [1.807, 2.05) is 6.07 Å². The van der Waals surface area contributed by atoms with Crippen LogP contribution in [0.15, 0.2) is 10.5 Å². The van der Waals surface area contributed by atoms with Crippen molar-refractivity contribution in [3.63, 3.8) is 0 Å². The van der Waals surface area contributed by atoms with Crippen LogP contribution in [0.4, 0.5) is 0 Å². The summed E-state index contributed by atoms with van der Waals surface area (Å²) in [6, 6.07) is 2.29. The fourth-order valence-corrected chi connectivity index (χ4v) is 3.16. The molecule has 18 heavy (non-hydrogen) atoms. The Labute approximate surface area is 114 Å². The Morgan fingerprint density at radius 1 is 1.44 bits per heavy atom. The van der Waals surface area contributed by atoms with Crippen molar-refractivity contribution >= 4 is 22.2 Å². The van der Waals surface area contributed by atoms with E-state index in [4.69, 9.17) is 9.47 Å². The quantitative estimate of drug-likeness (QED) is 0.870. The maximum absolute atomic E-state index is 11.0. The van der Waals surface area contributed by atoms with Gasteiger partial charge in [0.2, 0.25) is 6.79 Å². The van der Waals surface area contributed by atoms with E-state index in [0.717, 1.165) is 35.0 Å². The first-order valence-electron chi connectivity index (χ1n) is 6.09. The first-order chi connectivity index (χ1) is 8.79. The molecule has 0 aliphatic carbocycles. The molecule has 1 unspecified atom stereocenters. The van der Waals surface area contributed by atoms with E-state index >= 15 is 0 Å². The molecule has 0 radical (unpaired) electrons. The number of hydrogen-bond acceptors (Lipinski definition) is 4. The smallest absolute Gasteiger partial charge is 0.231 e. The molecule has 0 bridgehead atoms. The van der Waals surface area contributed by atoms with Gasteiger partial charge in [-0.1, -0.05) is 15.9 Å². The van der Waals surface area contributed by atoms with Gasteiger partial charge in [0.1, 0.15) is 0 Å². The van der Waals surface area contributed by atoms with Gasteiger partial charge in [0.05, 0.1) is 5.56 Å². The summed E-state index contributed by atoms with van der Waals surface area (Å²) in [5, 5.41) is 3.47. The van der Waals surface area contributed by atoms with E-state index < -0.39 is 0 Å². The Morgan fingerprint density at radius 2 is 2.28 bits per heavy atom. The zero-order chi connectivity index (χ0) is 12.5. The Balaban J connectivity index is 1.98. The number of hydrogen-bond donors (Lipinski definition) is 1. The highest BCUT2D eigenvalue weighted by Crippen LogP contribution is 2.43. The van der Waals surface area contributed by atoms with Gasteiger partial charge < -0.3 is 14.8 Å². The van der Waals surface area contributed by atoms with Crippen LogP contribution in [-0.4, -0.2) is 25.7 Å². The normalized spacial score (nSPS) is 21.3. The van der Waals surface area contributed by atoms with Crippen LogP contribution >= 0.6 is 15.9 Å². The van der Waals surface area contributed by atoms with Gasteiger partial charge in [0.15, 0.2) is 17.8 Å². The minimum Gasteiger partial charge on any atom is -0.453 e. The molecule has 2 heterocycles. The monoisotopic (exact) mass is 311 g/mol. The Hall–Kier alpha value is -1.07. The third kappa shape index (κ3) is 2.01. The third-order valence-electron chi connectivity index (χ3n) is 3.46. The van der Waals surface area contributed by atoms with Gasteiger partial charge in [0.25, 0.3) is 0 Å². The molecule has 1 atom stereocenters. The van der Waals surface area contributed by atoms with E-state index in [1.54, 1.807) is 0 Å². The highest BCUT2D eigenvalue weighted by molar-refractivity contribution is 9.10. The van der Waals surface area contributed by atoms with Gasteiger partial charge in [-0.05, 0) is 31.9 Å². The van der Waals surface area contributed by atoms with Gasteiger partial charge in [0, 0.05) is 16.1 Å². The lowest BCUT2D eigenvalue weighted by molar-refractivity contribution is 0.111. The SMILES string of the molecule is O=Cc1cc(Br)c(CC2CCCN2)c2c1OCO2. The van der Waals surface area contributed by atoms with Crippen molar-refractivity contribution in [2.75, 3.05) is 13.3 Å². The van der Waals surface area contributed by atoms with Crippen molar-refractivity contribution < 1.29 is 14.3 Å². The topological polar surface area (TPSA) is 47.6 Å². The molecule has 5 heteroatoms. The second kappa shape index (κ2) is 4.90. The predicted molar refractivity (Wildman–Crippen MR) is 70.4 cm³/mol. The van der Waals surface area contributed by atoms with Gasteiger partial charge in [-0.3, -0.25) is 4.79 Å². The highest BCUT2D eigenvalue weighted by Gasteiger charge is 2.26. The third-order valence-corrected chi connectivity index (χ3v) is 4.17. The maximum atomic E-state index is 11.0. The van der Waals surface area contributed by atoms with Crippen molar-refractivity contribution in [3.05, 3.63) is 21.7 Å². The molecule has 0 saturated carbocycles. The number of carbonyl (C=O) groups is 1. The van der Waals surface area contributed by atoms with Crippen LogP contribution in [0.25, 0.3) is 0 Å². The van der Waals surface area contributed by atoms with Crippen LogP contribution in [0, 0.1) is 0 Å². The van der Waals surface area contributed by atoms with Crippen molar-refractivity contribution in [2.24, 2.45) is 0 Å². The second-order valence-electron chi connectivity index (χ2n) is 4.61. The van der Waals surface area contributed by atoms with Crippen molar-refractivity contribution in [1.82, 2.24) is 5.32 Å². The fraction of sp³-hybridized carbons (Fsp3) is 0.462. The Kier molecular flexibility index (Phi) is 3.26. The van der Waals surface area contributed by atoms with Crippen LogP contribution in [0.1, 0.15) is 28.8 Å². The molecule has 4 nitrogen and oxygen atoms in total. The van der Waals surface area contributed by atoms with E-state index in [-0.39, 0.29) is 6.79 Å². The fourth-order valence-electron chi connectivity index (χ4n) is 2.57. The summed E-state index contributed by atoms with van der Waals surface area (Å²) in [7, 11) is 0. The molecule has 1 N–H and O–H groups in total. The lowest BCUT2D eigenvalue weighted by Gasteiger charge is -2.14. The number of nitrogens with one attached hydrogen (secondary N) is 1. The summed E-state index contributed by atoms with van der Waals surface area (Å²) in [4.78, 5) is 11.0. The Morgan fingerprint density at radius 3 is 3.00 bits per heavy atom. The molecule has 0 aromatic heterocycles. The molecule has 1 fully saturated rings. The van der Waals surface area contributed by atoms with Crippen LogP contribution in [0.3, 0.4) is 0 Å². The minimum atomic E-state index is 0.192. The van der Waals surface area contributed by atoms with Crippen molar-refractivity contribution in [3.8, 4) is 11.5 Å².